The van der Waals surface area contributed by atoms with E-state index in [1.165, 1.54) is 10.8 Å². The van der Waals surface area contributed by atoms with Crippen molar-refractivity contribution in [2.24, 2.45) is 0 Å². The van der Waals surface area contributed by atoms with E-state index in [4.69, 9.17) is 0 Å². The molecule has 0 aliphatic heterocycles. The van der Waals surface area contributed by atoms with E-state index < -0.39 is 0 Å². The predicted molar refractivity (Wildman–Crippen MR) is 50.5 cm³/mol. The maximum Gasteiger partial charge on any atom is 0.0709 e. The molecule has 1 nitrogen and oxygen atoms in total. The van der Waals surface area contributed by atoms with Gasteiger partial charge in [-0.2, -0.15) is 0 Å². The van der Waals surface area contributed by atoms with Gasteiger partial charge in [-0.15, -0.1) is 0 Å². The Bertz CT molecular complexity index is 469. The zero-order chi connectivity index (χ0) is 7.97. The highest BCUT2D eigenvalue weighted by atomic mass is 14.7. The summed E-state index contributed by atoms with van der Waals surface area (Å²) in [4.78, 5) is 4.50. The van der Waals surface area contributed by atoms with Crippen LogP contribution in [-0.4, -0.2) is 4.98 Å². The number of rotatable bonds is 0. The highest BCUT2D eigenvalue weighted by Gasteiger charge is 2.02. The number of pyridine rings is 1. The molecular weight excluding hydrogens is 146 g/mol. The lowest BCUT2D eigenvalue weighted by molar-refractivity contribution is 1.20. The molecule has 0 atom stereocenters. The number of nitrogens with zero attached hydrogens (tertiary/aromatic N) is 1. The zero-order valence-electron chi connectivity index (χ0n) is 6.49. The normalized spacial score (nSPS) is 15.3. The molecule has 1 heteroatoms. The molecule has 0 amide bonds. The minimum Gasteiger partial charge on any atom is -0.248 e. The second-order valence-electron chi connectivity index (χ2n) is 2.99. The fourth-order valence-electron chi connectivity index (χ4n) is 1.59. The molecule has 1 aromatic rings. The van der Waals surface area contributed by atoms with Gasteiger partial charge in [0.15, 0.2) is 0 Å². The van der Waals surface area contributed by atoms with Crippen LogP contribution < -0.4 is 10.6 Å². The van der Waals surface area contributed by atoms with Crippen LogP contribution in [0.4, 0.5) is 0 Å². The van der Waals surface area contributed by atoms with E-state index in [0.717, 1.165) is 11.0 Å². The fourth-order valence-corrected chi connectivity index (χ4v) is 1.59. The molecule has 12 heavy (non-hydrogen) atoms. The highest BCUT2D eigenvalue weighted by molar-refractivity contribution is 5.70. The van der Waals surface area contributed by atoms with Gasteiger partial charge in [-0.05, 0) is 18.2 Å². The number of hydrogen-bond donors (Lipinski definition) is 0. The molecule has 0 N–H and O–H groups in total. The van der Waals surface area contributed by atoms with Crippen LogP contribution in [0.5, 0.6) is 0 Å². The molecule has 0 unspecified atom stereocenters. The van der Waals surface area contributed by atoms with E-state index >= 15 is 0 Å². The molecule has 1 aromatic heterocycles. The van der Waals surface area contributed by atoms with E-state index in [9.17, 15) is 0 Å². The standard InChI is InChI=1S/C11H7N/c1-3-8-7-9-4-2-6-11(9)12-10(8)5-1/h1-7H. The Morgan fingerprint density at radius 3 is 2.92 bits per heavy atom. The van der Waals surface area contributed by atoms with Crippen molar-refractivity contribution in [1.82, 2.24) is 4.98 Å². The summed E-state index contributed by atoms with van der Waals surface area (Å²) in [5.41, 5.74) is 2.32. The van der Waals surface area contributed by atoms with Gasteiger partial charge in [0.25, 0.3) is 0 Å². The second kappa shape index (κ2) is 1.95. The highest BCUT2D eigenvalue weighted by Crippen LogP contribution is 2.02. The lowest BCUT2D eigenvalue weighted by Crippen LogP contribution is -2.18. The van der Waals surface area contributed by atoms with Crippen molar-refractivity contribution < 1.29 is 0 Å². The van der Waals surface area contributed by atoms with Crippen LogP contribution in [0.2, 0.25) is 0 Å². The van der Waals surface area contributed by atoms with Gasteiger partial charge in [0, 0.05) is 10.8 Å². The minimum atomic E-state index is 1.09. The van der Waals surface area contributed by atoms with Crippen molar-refractivity contribution in [3.8, 4) is 0 Å². The summed E-state index contributed by atoms with van der Waals surface area (Å²) in [6, 6.07) is 2.18. The van der Waals surface area contributed by atoms with Crippen molar-refractivity contribution in [1.29, 1.82) is 0 Å². The first kappa shape index (κ1) is 5.95. The van der Waals surface area contributed by atoms with Crippen molar-refractivity contribution >= 4 is 24.3 Å². The molecule has 0 fully saturated rings. The molecule has 56 valence electrons. The number of fused-ring (bicyclic) bond motifs is 2. The molecule has 2 aliphatic carbocycles. The van der Waals surface area contributed by atoms with Crippen LogP contribution in [-0.2, 0) is 0 Å². The number of allylic oxidation sites excluding steroid dienone is 2. The number of hydrogen-bond acceptors (Lipinski definition) is 1. The van der Waals surface area contributed by atoms with Crippen molar-refractivity contribution in [2.45, 2.75) is 0 Å². The monoisotopic (exact) mass is 153 g/mol. The van der Waals surface area contributed by atoms with Crippen LogP contribution in [0, 0.1) is 0 Å². The molecule has 0 radical (unpaired) electrons. The Morgan fingerprint density at radius 2 is 1.92 bits per heavy atom. The molecule has 2 aliphatic rings. The average Bonchev–Trinajstić information content (AvgIpc) is 2.64. The molecule has 0 saturated heterocycles. The fraction of sp³-hybridized carbons (Fsp3) is 0. The van der Waals surface area contributed by atoms with Crippen LogP contribution in [0.1, 0.15) is 11.3 Å². The van der Waals surface area contributed by atoms with Gasteiger partial charge in [-0.1, -0.05) is 24.3 Å². The first-order valence-corrected chi connectivity index (χ1v) is 4.01. The van der Waals surface area contributed by atoms with Gasteiger partial charge in [0.2, 0.25) is 0 Å². The zero-order valence-corrected chi connectivity index (χ0v) is 6.49. The van der Waals surface area contributed by atoms with Crippen molar-refractivity contribution in [2.75, 3.05) is 0 Å². The van der Waals surface area contributed by atoms with Gasteiger partial charge in [0.05, 0.1) is 11.0 Å². The lowest BCUT2D eigenvalue weighted by Gasteiger charge is -1.93. The summed E-state index contributed by atoms with van der Waals surface area (Å²) in [5.74, 6) is 0. The Balaban J connectivity index is 2.50. The minimum absolute atomic E-state index is 1.09. The van der Waals surface area contributed by atoms with Crippen LogP contribution in [0.3, 0.4) is 0 Å². The molecule has 0 saturated carbocycles. The Labute approximate surface area is 70.1 Å². The molecular formula is C11H7N. The molecule has 0 spiro atoms. The summed E-state index contributed by atoms with van der Waals surface area (Å²) in [7, 11) is 0. The summed E-state index contributed by atoms with van der Waals surface area (Å²) in [5, 5.41) is 2.32. The van der Waals surface area contributed by atoms with Crippen molar-refractivity contribution in [3.05, 3.63) is 40.0 Å². The lowest BCUT2D eigenvalue weighted by atomic mass is 10.2. The largest absolute Gasteiger partial charge is 0.248 e. The van der Waals surface area contributed by atoms with E-state index in [1.807, 2.05) is 24.3 Å². The van der Waals surface area contributed by atoms with Gasteiger partial charge >= 0.3 is 0 Å². The number of aromatic nitrogens is 1. The Kier molecular flexibility index (Phi) is 0.965. The summed E-state index contributed by atoms with van der Waals surface area (Å²) < 4.78 is 0. The van der Waals surface area contributed by atoms with Crippen LogP contribution in [0.25, 0.3) is 24.3 Å². The molecule has 0 bridgehead atoms. The first-order chi connectivity index (χ1) is 5.93. The summed E-state index contributed by atoms with van der Waals surface area (Å²) in [6.07, 6.45) is 12.3. The van der Waals surface area contributed by atoms with Gasteiger partial charge < -0.3 is 0 Å². The maximum absolute atomic E-state index is 4.50. The van der Waals surface area contributed by atoms with Gasteiger partial charge in [0.1, 0.15) is 0 Å². The average molecular weight is 153 g/mol. The second-order valence-corrected chi connectivity index (χ2v) is 2.99. The van der Waals surface area contributed by atoms with Crippen LogP contribution in [0.15, 0.2) is 18.2 Å². The molecule has 3 rings (SSSR count). The van der Waals surface area contributed by atoms with E-state index in [1.54, 1.807) is 0 Å². The first-order valence-electron chi connectivity index (χ1n) is 4.01. The molecule has 1 heterocycles. The topological polar surface area (TPSA) is 12.9 Å². The quantitative estimate of drug-likeness (QED) is 0.534. The predicted octanol–water partition coefficient (Wildman–Crippen LogP) is 0.696. The van der Waals surface area contributed by atoms with E-state index in [-0.39, 0.29) is 0 Å². The maximum atomic E-state index is 4.50. The van der Waals surface area contributed by atoms with Gasteiger partial charge in [-0.3, -0.25) is 0 Å². The van der Waals surface area contributed by atoms with E-state index in [0.29, 0.717) is 0 Å². The SMILES string of the molecule is C1=Cc2nc3c(cc2=C1)C=CC=3. The van der Waals surface area contributed by atoms with Crippen molar-refractivity contribution in [3.63, 3.8) is 0 Å². The summed E-state index contributed by atoms with van der Waals surface area (Å²) in [6.45, 7) is 0. The Morgan fingerprint density at radius 1 is 1.00 bits per heavy atom. The molecule has 0 aromatic carbocycles. The van der Waals surface area contributed by atoms with E-state index in [2.05, 4.69) is 23.2 Å². The smallest absolute Gasteiger partial charge is 0.0709 e. The third-order valence-corrected chi connectivity index (χ3v) is 2.20. The summed E-state index contributed by atoms with van der Waals surface area (Å²) >= 11 is 0. The third kappa shape index (κ3) is 0.654. The van der Waals surface area contributed by atoms with Gasteiger partial charge in [-0.25, -0.2) is 4.98 Å². The van der Waals surface area contributed by atoms with Crippen LogP contribution >= 0.6 is 0 Å². The Hall–Kier alpha value is -1.63. The third-order valence-electron chi connectivity index (χ3n) is 2.20.